The van der Waals surface area contributed by atoms with E-state index in [1.165, 1.54) is 5.56 Å². The third-order valence-electron chi connectivity index (χ3n) is 4.02. The Bertz CT molecular complexity index is 649. The highest BCUT2D eigenvalue weighted by molar-refractivity contribution is 5.45. The van der Waals surface area contributed by atoms with E-state index in [1.807, 2.05) is 30.3 Å². The number of hydrogen-bond donors (Lipinski definition) is 1. The highest BCUT2D eigenvalue weighted by Crippen LogP contribution is 2.37. The smallest absolute Gasteiger partial charge is 0.125 e. The summed E-state index contributed by atoms with van der Waals surface area (Å²) in [6.07, 6.45) is 1.30. The number of aryl methyl sites for hydroxylation is 1. The van der Waals surface area contributed by atoms with Crippen LogP contribution in [0.15, 0.2) is 36.4 Å². The van der Waals surface area contributed by atoms with Crippen LogP contribution in [0.3, 0.4) is 0 Å². The molecule has 2 aromatic rings. The van der Waals surface area contributed by atoms with Crippen molar-refractivity contribution in [3.05, 3.63) is 58.7 Å². The van der Waals surface area contributed by atoms with E-state index in [0.29, 0.717) is 6.61 Å². The van der Waals surface area contributed by atoms with Crippen molar-refractivity contribution in [3.63, 3.8) is 0 Å². The van der Waals surface area contributed by atoms with Crippen molar-refractivity contribution in [2.24, 2.45) is 0 Å². The van der Waals surface area contributed by atoms with Crippen molar-refractivity contribution in [3.8, 4) is 11.5 Å². The van der Waals surface area contributed by atoms with Crippen molar-refractivity contribution in [1.29, 1.82) is 0 Å². The van der Waals surface area contributed by atoms with E-state index in [9.17, 15) is 5.11 Å². The van der Waals surface area contributed by atoms with Crippen molar-refractivity contribution in [2.75, 3.05) is 7.11 Å². The molecule has 1 N–H and O–H groups in total. The van der Waals surface area contributed by atoms with Crippen LogP contribution in [0.5, 0.6) is 11.5 Å². The molecule has 0 amide bonds. The van der Waals surface area contributed by atoms with Gasteiger partial charge in [-0.25, -0.2) is 0 Å². The van der Waals surface area contributed by atoms with Crippen molar-refractivity contribution >= 4 is 0 Å². The molecular formula is C18H20O3. The van der Waals surface area contributed by atoms with Crippen molar-refractivity contribution in [1.82, 2.24) is 0 Å². The van der Waals surface area contributed by atoms with Gasteiger partial charge in [0, 0.05) is 11.1 Å². The van der Waals surface area contributed by atoms with Gasteiger partial charge in [0.15, 0.2) is 0 Å². The Labute approximate surface area is 125 Å². The minimum Gasteiger partial charge on any atom is -0.496 e. The Hall–Kier alpha value is -2.00. The lowest BCUT2D eigenvalue weighted by Crippen LogP contribution is -2.01. The highest BCUT2D eigenvalue weighted by atomic mass is 16.5. The van der Waals surface area contributed by atoms with Gasteiger partial charge in [-0.05, 0) is 43.5 Å². The zero-order valence-electron chi connectivity index (χ0n) is 12.4. The highest BCUT2D eigenvalue weighted by Gasteiger charge is 2.23. The van der Waals surface area contributed by atoms with Gasteiger partial charge in [-0.2, -0.15) is 0 Å². The van der Waals surface area contributed by atoms with E-state index in [-0.39, 0.29) is 6.10 Å². The Balaban J connectivity index is 1.82. The molecule has 21 heavy (non-hydrogen) atoms. The van der Waals surface area contributed by atoms with E-state index in [4.69, 9.17) is 9.47 Å². The summed E-state index contributed by atoms with van der Waals surface area (Å²) in [5.74, 6) is 1.71. The van der Waals surface area contributed by atoms with Gasteiger partial charge in [0.05, 0.1) is 13.2 Å². The zero-order chi connectivity index (χ0) is 14.8. The van der Waals surface area contributed by atoms with Gasteiger partial charge >= 0.3 is 0 Å². The van der Waals surface area contributed by atoms with Crippen molar-refractivity contribution in [2.45, 2.75) is 32.5 Å². The number of fused-ring (bicyclic) bond motifs is 1. The van der Waals surface area contributed by atoms with Crippen LogP contribution in [0.4, 0.5) is 0 Å². The van der Waals surface area contributed by atoms with Crippen LogP contribution in [0, 0.1) is 6.92 Å². The Morgan fingerprint density at radius 1 is 1.19 bits per heavy atom. The summed E-state index contributed by atoms with van der Waals surface area (Å²) in [6.45, 7) is 2.52. The van der Waals surface area contributed by atoms with Gasteiger partial charge in [0.2, 0.25) is 0 Å². The standard InChI is InChI=1S/C18H20O3/c1-12-6-9-17(20-2)13(10-12)11-21-18-5-3-4-14-15(18)7-8-16(14)19/h3-6,9-10,16,19H,7-8,11H2,1-2H3. The number of aliphatic hydroxyl groups excluding tert-OH is 1. The molecule has 0 heterocycles. The minimum atomic E-state index is -0.350. The zero-order valence-corrected chi connectivity index (χ0v) is 12.4. The molecule has 2 aromatic carbocycles. The van der Waals surface area contributed by atoms with E-state index in [0.717, 1.165) is 41.0 Å². The molecule has 0 bridgehead atoms. The number of rotatable bonds is 4. The minimum absolute atomic E-state index is 0.350. The largest absolute Gasteiger partial charge is 0.496 e. The fraction of sp³-hybridized carbons (Fsp3) is 0.333. The molecule has 0 saturated heterocycles. The molecule has 1 aliphatic carbocycles. The Morgan fingerprint density at radius 3 is 2.86 bits per heavy atom. The number of methoxy groups -OCH3 is 1. The maximum absolute atomic E-state index is 9.93. The molecule has 0 saturated carbocycles. The van der Waals surface area contributed by atoms with Gasteiger partial charge < -0.3 is 14.6 Å². The summed E-state index contributed by atoms with van der Waals surface area (Å²) in [4.78, 5) is 0. The molecule has 1 aliphatic rings. The Kier molecular flexibility index (Phi) is 3.84. The monoisotopic (exact) mass is 284 g/mol. The van der Waals surface area contributed by atoms with E-state index < -0.39 is 0 Å². The van der Waals surface area contributed by atoms with Gasteiger partial charge in [-0.3, -0.25) is 0 Å². The normalized spacial score (nSPS) is 16.6. The molecule has 3 rings (SSSR count). The molecule has 1 atom stereocenters. The fourth-order valence-corrected chi connectivity index (χ4v) is 2.91. The summed E-state index contributed by atoms with van der Waals surface area (Å²) < 4.78 is 11.4. The van der Waals surface area contributed by atoms with Crippen LogP contribution in [0.2, 0.25) is 0 Å². The van der Waals surface area contributed by atoms with Gasteiger partial charge in [0.1, 0.15) is 18.1 Å². The summed E-state index contributed by atoms with van der Waals surface area (Å²) in [7, 11) is 1.67. The fourth-order valence-electron chi connectivity index (χ4n) is 2.91. The third-order valence-corrected chi connectivity index (χ3v) is 4.02. The number of ether oxygens (including phenoxy) is 2. The average molecular weight is 284 g/mol. The molecule has 110 valence electrons. The molecule has 3 heteroatoms. The first kappa shape index (κ1) is 14.0. The van der Waals surface area contributed by atoms with Crippen LogP contribution >= 0.6 is 0 Å². The molecular weight excluding hydrogens is 264 g/mol. The van der Waals surface area contributed by atoms with Crippen LogP contribution < -0.4 is 9.47 Å². The summed E-state index contributed by atoms with van der Waals surface area (Å²) in [5, 5.41) is 9.93. The molecule has 3 nitrogen and oxygen atoms in total. The first-order valence-corrected chi connectivity index (χ1v) is 7.25. The molecule has 0 aromatic heterocycles. The van der Waals surface area contributed by atoms with Gasteiger partial charge in [0.25, 0.3) is 0 Å². The molecule has 1 unspecified atom stereocenters. The quantitative estimate of drug-likeness (QED) is 0.933. The summed E-state index contributed by atoms with van der Waals surface area (Å²) in [5.41, 5.74) is 4.36. The predicted octanol–water partition coefficient (Wildman–Crippen LogP) is 3.56. The number of hydrogen-bond acceptors (Lipinski definition) is 3. The van der Waals surface area contributed by atoms with E-state index >= 15 is 0 Å². The Morgan fingerprint density at radius 2 is 2.05 bits per heavy atom. The maximum atomic E-state index is 9.93. The average Bonchev–Trinajstić information content (AvgIpc) is 2.87. The van der Waals surface area contributed by atoms with Crippen LogP contribution in [-0.2, 0) is 13.0 Å². The van der Waals surface area contributed by atoms with E-state index in [2.05, 4.69) is 13.0 Å². The van der Waals surface area contributed by atoms with Gasteiger partial charge in [-0.15, -0.1) is 0 Å². The second-order valence-corrected chi connectivity index (χ2v) is 5.48. The molecule has 0 fully saturated rings. The molecule has 0 radical (unpaired) electrons. The summed E-state index contributed by atoms with van der Waals surface area (Å²) >= 11 is 0. The van der Waals surface area contributed by atoms with Crippen LogP contribution in [-0.4, -0.2) is 12.2 Å². The number of benzene rings is 2. The predicted molar refractivity (Wildman–Crippen MR) is 81.8 cm³/mol. The summed E-state index contributed by atoms with van der Waals surface area (Å²) in [6, 6.07) is 12.0. The third kappa shape index (κ3) is 2.74. The lowest BCUT2D eigenvalue weighted by molar-refractivity contribution is 0.180. The first-order chi connectivity index (χ1) is 10.2. The van der Waals surface area contributed by atoms with Crippen LogP contribution in [0.25, 0.3) is 0 Å². The maximum Gasteiger partial charge on any atom is 0.125 e. The van der Waals surface area contributed by atoms with Crippen molar-refractivity contribution < 1.29 is 14.6 Å². The van der Waals surface area contributed by atoms with Crippen LogP contribution in [0.1, 0.15) is 34.8 Å². The first-order valence-electron chi connectivity index (χ1n) is 7.25. The van der Waals surface area contributed by atoms with Gasteiger partial charge in [-0.1, -0.05) is 23.8 Å². The lowest BCUT2D eigenvalue weighted by Gasteiger charge is -2.14. The second-order valence-electron chi connectivity index (χ2n) is 5.48. The molecule has 0 aliphatic heterocycles. The van der Waals surface area contributed by atoms with E-state index in [1.54, 1.807) is 7.11 Å². The SMILES string of the molecule is COc1ccc(C)cc1COc1cccc2c1CCC2O. The topological polar surface area (TPSA) is 38.7 Å². The number of aliphatic hydroxyl groups is 1. The second kappa shape index (κ2) is 5.78. The molecule has 0 spiro atoms. The lowest BCUT2D eigenvalue weighted by atomic mass is 10.1.